The monoisotopic (exact) mass is 277 g/mol. The van der Waals surface area contributed by atoms with E-state index < -0.39 is 24.0 Å². The fourth-order valence-electron chi connectivity index (χ4n) is 1.10. The Morgan fingerprint density at radius 3 is 2.16 bits per heavy atom. The molecule has 0 spiro atoms. The Balaban J connectivity index is 0.000000224. The second-order valence-electron chi connectivity index (χ2n) is 3.20. The quantitative estimate of drug-likeness (QED) is 0.397. The fourth-order valence-corrected chi connectivity index (χ4v) is 1.10. The first-order chi connectivity index (χ1) is 8.66. The van der Waals surface area contributed by atoms with Gasteiger partial charge in [-0.2, -0.15) is 13.2 Å². The zero-order chi connectivity index (χ0) is 14.8. The summed E-state index contributed by atoms with van der Waals surface area (Å²) in [6.07, 6.45) is -2.30. The number of hydrogen-bond donors (Lipinski definition) is 2. The number of pyridine rings is 1. The Morgan fingerprint density at radius 2 is 1.74 bits per heavy atom. The third kappa shape index (κ3) is 3.04. The number of carbonyl (C=O) groups excluding carboxylic acids is 2. The summed E-state index contributed by atoms with van der Waals surface area (Å²) in [4.78, 5) is 34.9. The molecule has 7 nitrogen and oxygen atoms in total. The molecule has 19 heavy (non-hydrogen) atoms. The Hall–Kier alpha value is -2.49. The van der Waals surface area contributed by atoms with Gasteiger partial charge in [-0.05, 0) is 6.07 Å². The van der Waals surface area contributed by atoms with Crippen molar-refractivity contribution in [3.8, 4) is 0 Å². The van der Waals surface area contributed by atoms with Gasteiger partial charge in [0.2, 0.25) is 0 Å². The van der Waals surface area contributed by atoms with Crippen LogP contribution in [0.5, 0.6) is 0 Å². The first-order valence-electron chi connectivity index (χ1n) is 4.54. The lowest BCUT2D eigenvalue weighted by Gasteiger charge is -2.01. The van der Waals surface area contributed by atoms with E-state index >= 15 is 0 Å². The van der Waals surface area contributed by atoms with Crippen LogP contribution in [0.2, 0.25) is 0 Å². The minimum Gasteiger partial charge on any atom is -0.475 e. The smallest absolute Gasteiger partial charge is 0.475 e. The van der Waals surface area contributed by atoms with Crippen molar-refractivity contribution in [2.45, 2.75) is 6.18 Å². The van der Waals surface area contributed by atoms with E-state index in [0.717, 1.165) is 0 Å². The first-order valence-corrected chi connectivity index (χ1v) is 4.54. The molecule has 0 aromatic carbocycles. The highest BCUT2D eigenvalue weighted by molar-refractivity contribution is 6.20. The number of carboxylic acids is 1. The standard InChI is InChI=1S/C7H5N3O2.C2HF3O2/c8-10-6(11)4-1-2-9-3-5(4)7(10)12;3-2(4,5)1(6)7/h1-3H,8H2;(H,6,7). The van der Waals surface area contributed by atoms with Crippen molar-refractivity contribution in [1.29, 1.82) is 0 Å². The van der Waals surface area contributed by atoms with Gasteiger partial charge in [-0.25, -0.2) is 15.6 Å². The molecule has 0 aliphatic carbocycles. The molecule has 0 unspecified atom stereocenters. The molecule has 3 N–H and O–H groups in total. The molecule has 2 amide bonds. The van der Waals surface area contributed by atoms with E-state index in [4.69, 9.17) is 15.7 Å². The number of imide groups is 1. The summed E-state index contributed by atoms with van der Waals surface area (Å²) in [5.74, 6) is 1.45. The summed E-state index contributed by atoms with van der Waals surface area (Å²) in [7, 11) is 0. The third-order valence-corrected chi connectivity index (χ3v) is 1.96. The number of halogens is 3. The van der Waals surface area contributed by atoms with Crippen molar-refractivity contribution < 1.29 is 32.7 Å². The topological polar surface area (TPSA) is 114 Å². The predicted molar refractivity (Wildman–Crippen MR) is 52.6 cm³/mol. The average molecular weight is 277 g/mol. The van der Waals surface area contributed by atoms with Gasteiger partial charge < -0.3 is 5.11 Å². The molecule has 0 saturated heterocycles. The molecular formula is C9H6F3N3O4. The minimum atomic E-state index is -5.08. The van der Waals surface area contributed by atoms with Crippen LogP contribution in [-0.2, 0) is 4.79 Å². The molecule has 1 aromatic heterocycles. The molecule has 10 heteroatoms. The lowest BCUT2D eigenvalue weighted by Crippen LogP contribution is -2.36. The number of hydrogen-bond acceptors (Lipinski definition) is 5. The number of nitrogens with two attached hydrogens (primary N) is 1. The lowest BCUT2D eigenvalue weighted by molar-refractivity contribution is -0.192. The first kappa shape index (κ1) is 14.6. The van der Waals surface area contributed by atoms with E-state index in [2.05, 4.69) is 4.98 Å². The zero-order valence-electron chi connectivity index (χ0n) is 9.01. The van der Waals surface area contributed by atoms with Crippen LogP contribution >= 0.6 is 0 Å². The molecule has 0 atom stereocenters. The molecule has 0 saturated carbocycles. The maximum Gasteiger partial charge on any atom is 0.490 e. The maximum atomic E-state index is 11.2. The van der Waals surface area contributed by atoms with E-state index in [1.54, 1.807) is 0 Å². The summed E-state index contributed by atoms with van der Waals surface area (Å²) < 4.78 is 31.7. The molecule has 2 rings (SSSR count). The molecule has 1 aromatic rings. The van der Waals surface area contributed by atoms with Crippen molar-refractivity contribution in [2.24, 2.45) is 5.84 Å². The van der Waals surface area contributed by atoms with Crippen LogP contribution in [0.4, 0.5) is 13.2 Å². The summed E-state index contributed by atoms with van der Waals surface area (Å²) >= 11 is 0. The average Bonchev–Trinajstić information content (AvgIpc) is 2.55. The third-order valence-electron chi connectivity index (χ3n) is 1.96. The number of alkyl halides is 3. The zero-order valence-corrected chi connectivity index (χ0v) is 9.01. The van der Waals surface area contributed by atoms with Crippen LogP contribution in [0.15, 0.2) is 18.5 Å². The second-order valence-corrected chi connectivity index (χ2v) is 3.20. The molecule has 1 aliphatic heterocycles. The van der Waals surface area contributed by atoms with E-state index in [1.165, 1.54) is 18.5 Å². The predicted octanol–water partition coefficient (Wildman–Crippen LogP) is 0.185. The highest BCUT2D eigenvalue weighted by Crippen LogP contribution is 2.17. The number of nitrogens with zero attached hydrogens (tertiary/aromatic N) is 2. The number of aliphatic carboxylic acids is 1. The van der Waals surface area contributed by atoms with Gasteiger partial charge in [0.05, 0.1) is 11.1 Å². The fraction of sp³-hybridized carbons (Fsp3) is 0.111. The number of carboxylic acid groups (broad SMARTS) is 1. The molecule has 0 radical (unpaired) electrons. The number of fused-ring (bicyclic) bond motifs is 1. The van der Waals surface area contributed by atoms with Crippen LogP contribution in [-0.4, -0.2) is 39.1 Å². The lowest BCUT2D eigenvalue weighted by atomic mass is 10.2. The van der Waals surface area contributed by atoms with Gasteiger partial charge >= 0.3 is 12.1 Å². The van der Waals surface area contributed by atoms with Gasteiger partial charge in [-0.3, -0.25) is 14.6 Å². The molecule has 0 bridgehead atoms. The number of hydrazine groups is 1. The van der Waals surface area contributed by atoms with Gasteiger partial charge in [0, 0.05) is 12.4 Å². The molecule has 102 valence electrons. The normalized spacial score (nSPS) is 13.8. The minimum absolute atomic E-state index is 0.269. The molecular weight excluding hydrogens is 271 g/mol. The number of rotatable bonds is 0. The summed E-state index contributed by atoms with van der Waals surface area (Å²) in [6, 6.07) is 1.47. The number of carbonyl (C=O) groups is 3. The van der Waals surface area contributed by atoms with Crippen LogP contribution in [0.25, 0.3) is 0 Å². The Labute approximate surface area is 103 Å². The SMILES string of the molecule is NN1C(=O)c2ccncc2C1=O.O=C(O)C(F)(F)F. The second kappa shape index (κ2) is 5.02. The summed E-state index contributed by atoms with van der Waals surface area (Å²) in [6.45, 7) is 0. The highest BCUT2D eigenvalue weighted by atomic mass is 19.4. The van der Waals surface area contributed by atoms with Gasteiger partial charge in [0.25, 0.3) is 11.8 Å². The van der Waals surface area contributed by atoms with E-state index in [0.29, 0.717) is 10.6 Å². The van der Waals surface area contributed by atoms with E-state index in [1.807, 2.05) is 0 Å². The van der Waals surface area contributed by atoms with Gasteiger partial charge in [0.15, 0.2) is 0 Å². The molecule has 2 heterocycles. The summed E-state index contributed by atoms with van der Waals surface area (Å²) in [5.41, 5.74) is 0.586. The number of aromatic nitrogens is 1. The Bertz CT molecular complexity index is 509. The van der Waals surface area contributed by atoms with Crippen molar-refractivity contribution in [3.63, 3.8) is 0 Å². The van der Waals surface area contributed by atoms with E-state index in [-0.39, 0.29) is 5.56 Å². The molecule has 1 aliphatic rings. The van der Waals surface area contributed by atoms with Crippen molar-refractivity contribution >= 4 is 17.8 Å². The van der Waals surface area contributed by atoms with Crippen LogP contribution in [0.3, 0.4) is 0 Å². The van der Waals surface area contributed by atoms with Crippen LogP contribution in [0.1, 0.15) is 20.7 Å². The van der Waals surface area contributed by atoms with Crippen molar-refractivity contribution in [3.05, 3.63) is 29.6 Å². The van der Waals surface area contributed by atoms with Crippen molar-refractivity contribution in [2.75, 3.05) is 0 Å². The Morgan fingerprint density at radius 1 is 1.26 bits per heavy atom. The maximum absolute atomic E-state index is 11.2. The van der Waals surface area contributed by atoms with E-state index in [9.17, 15) is 22.8 Å². The van der Waals surface area contributed by atoms with Crippen LogP contribution in [0, 0.1) is 0 Å². The van der Waals surface area contributed by atoms with Crippen LogP contribution < -0.4 is 5.84 Å². The van der Waals surface area contributed by atoms with Gasteiger partial charge in [-0.1, -0.05) is 0 Å². The molecule has 0 fully saturated rings. The van der Waals surface area contributed by atoms with Crippen molar-refractivity contribution in [1.82, 2.24) is 9.99 Å². The van der Waals surface area contributed by atoms with Gasteiger partial charge in [0.1, 0.15) is 0 Å². The largest absolute Gasteiger partial charge is 0.490 e. The van der Waals surface area contributed by atoms with Gasteiger partial charge in [-0.15, -0.1) is 0 Å². The number of amides is 2. The Kier molecular flexibility index (Phi) is 3.85. The summed E-state index contributed by atoms with van der Waals surface area (Å²) in [5, 5.41) is 7.71. The highest BCUT2D eigenvalue weighted by Gasteiger charge is 2.38.